The number of allylic oxidation sites excluding steroid dienone is 8. The number of unbranched alkanes of at least 4 members (excludes halogenated alkanes) is 33. The van der Waals surface area contributed by atoms with Crippen molar-refractivity contribution in [3.63, 3.8) is 0 Å². The third-order valence-electron chi connectivity index (χ3n) is 12.9. The Bertz CT molecular complexity index is 1240. The topological polar surface area (TPSA) is 94.1 Å². The number of carbonyl (C=O) groups excluding carboxylic acids is 1. The zero-order valence-electron chi connectivity index (χ0n) is 46.3. The van der Waals surface area contributed by atoms with Gasteiger partial charge in [0.2, 0.25) is 0 Å². The zero-order valence-corrected chi connectivity index (χ0v) is 47.2. The van der Waals surface area contributed by atoms with Crippen molar-refractivity contribution in [2.24, 2.45) is 0 Å². The van der Waals surface area contributed by atoms with Crippen LogP contribution in [-0.2, 0) is 27.9 Å². The van der Waals surface area contributed by atoms with E-state index < -0.39 is 13.9 Å². The number of carbonyl (C=O) groups is 1. The molecule has 0 fully saturated rings. The molecule has 2 atom stereocenters. The van der Waals surface area contributed by atoms with E-state index in [2.05, 4.69) is 62.5 Å². The fourth-order valence-electron chi connectivity index (χ4n) is 8.42. The summed E-state index contributed by atoms with van der Waals surface area (Å²) in [6, 6.07) is 0. The van der Waals surface area contributed by atoms with E-state index in [4.69, 9.17) is 18.5 Å². The predicted octanol–water partition coefficient (Wildman–Crippen LogP) is 18.0. The van der Waals surface area contributed by atoms with E-state index >= 15 is 0 Å². The molecule has 9 heteroatoms. The molecule has 0 rings (SSSR count). The highest BCUT2D eigenvalue weighted by atomic mass is 31.2. The standard InChI is InChI=1S/C60H114NO7P/c1-6-8-10-12-14-16-18-20-22-24-26-28-30-31-32-33-35-37-39-41-43-45-47-49-51-53-60(62)68-59(58-67-69(63,64)66-56-54-61(3,4)5)57-65-55-52-50-48-46-44-42-40-38-36-34-29-27-25-23-21-19-17-15-13-11-9-7-2/h9,11,15,17,21,23,27,29,59H,6-8,10,12-14,16,18-20,22,24-26,28,30-58H2,1-5H3/b11-9-,17-15-,23-21-,29-27-. The largest absolute Gasteiger partial charge is 0.756 e. The molecule has 0 amide bonds. The zero-order chi connectivity index (χ0) is 50.5. The lowest BCUT2D eigenvalue weighted by atomic mass is 10.0. The summed E-state index contributed by atoms with van der Waals surface area (Å²) in [6.07, 6.45) is 67.3. The van der Waals surface area contributed by atoms with Crippen molar-refractivity contribution in [1.29, 1.82) is 0 Å². The van der Waals surface area contributed by atoms with E-state index in [-0.39, 0.29) is 25.8 Å². The fraction of sp³-hybridized carbons (Fsp3) is 0.850. The molecule has 0 aromatic heterocycles. The van der Waals surface area contributed by atoms with Gasteiger partial charge >= 0.3 is 5.97 Å². The minimum Gasteiger partial charge on any atom is -0.756 e. The molecule has 0 radical (unpaired) electrons. The van der Waals surface area contributed by atoms with Gasteiger partial charge in [-0.3, -0.25) is 9.36 Å². The number of likely N-dealkylation sites (N-methyl/N-ethyl adjacent to an activating group) is 1. The second kappa shape index (κ2) is 52.8. The molecule has 8 nitrogen and oxygen atoms in total. The van der Waals surface area contributed by atoms with Crippen LogP contribution in [0.25, 0.3) is 0 Å². The van der Waals surface area contributed by atoms with Crippen LogP contribution in [0.2, 0.25) is 0 Å². The molecule has 0 saturated heterocycles. The molecule has 0 saturated carbocycles. The summed E-state index contributed by atoms with van der Waals surface area (Å²) >= 11 is 0. The molecular weight excluding hydrogens is 878 g/mol. The van der Waals surface area contributed by atoms with Crippen LogP contribution >= 0.6 is 7.82 Å². The summed E-state index contributed by atoms with van der Waals surface area (Å²) in [6.45, 7) is 5.34. The predicted molar refractivity (Wildman–Crippen MR) is 296 cm³/mol. The smallest absolute Gasteiger partial charge is 0.306 e. The molecule has 406 valence electrons. The van der Waals surface area contributed by atoms with Crippen LogP contribution in [-0.4, -0.2) is 70.7 Å². The average molecular weight is 993 g/mol. The quantitative estimate of drug-likeness (QED) is 0.0197. The number of esters is 1. The van der Waals surface area contributed by atoms with Crippen LogP contribution < -0.4 is 4.89 Å². The monoisotopic (exact) mass is 992 g/mol. The van der Waals surface area contributed by atoms with Gasteiger partial charge in [-0.1, -0.05) is 262 Å². The van der Waals surface area contributed by atoms with Gasteiger partial charge in [0.15, 0.2) is 0 Å². The summed E-state index contributed by atoms with van der Waals surface area (Å²) in [7, 11) is 1.36. The van der Waals surface area contributed by atoms with E-state index in [9.17, 15) is 14.3 Å². The van der Waals surface area contributed by atoms with Gasteiger partial charge in [0, 0.05) is 13.0 Å². The van der Waals surface area contributed by atoms with Gasteiger partial charge in [0.05, 0.1) is 34.4 Å². The highest BCUT2D eigenvalue weighted by Crippen LogP contribution is 2.38. The van der Waals surface area contributed by atoms with E-state index in [0.29, 0.717) is 24.1 Å². The lowest BCUT2D eigenvalue weighted by Gasteiger charge is -2.28. The van der Waals surface area contributed by atoms with Crippen LogP contribution in [0.3, 0.4) is 0 Å². The Hall–Kier alpha value is -1.54. The first kappa shape index (κ1) is 67.5. The highest BCUT2D eigenvalue weighted by Gasteiger charge is 2.20. The van der Waals surface area contributed by atoms with Crippen molar-refractivity contribution in [1.82, 2.24) is 0 Å². The van der Waals surface area contributed by atoms with Crippen molar-refractivity contribution >= 4 is 13.8 Å². The Labute approximate surface area is 428 Å². The van der Waals surface area contributed by atoms with Crippen LogP contribution in [0.15, 0.2) is 48.6 Å². The molecule has 69 heavy (non-hydrogen) atoms. The van der Waals surface area contributed by atoms with Crippen molar-refractivity contribution in [3.05, 3.63) is 48.6 Å². The first-order chi connectivity index (χ1) is 33.6. The van der Waals surface area contributed by atoms with Gasteiger partial charge in [-0.15, -0.1) is 0 Å². The number of hydrogen-bond acceptors (Lipinski definition) is 7. The van der Waals surface area contributed by atoms with Crippen LogP contribution in [0.1, 0.15) is 271 Å². The molecule has 0 N–H and O–H groups in total. The number of ether oxygens (including phenoxy) is 2. The minimum atomic E-state index is -4.54. The lowest BCUT2D eigenvalue weighted by molar-refractivity contribution is -0.870. The summed E-state index contributed by atoms with van der Waals surface area (Å²) in [5.74, 6) is -0.331. The van der Waals surface area contributed by atoms with Gasteiger partial charge in [0.25, 0.3) is 7.82 Å². The summed E-state index contributed by atoms with van der Waals surface area (Å²) in [5.41, 5.74) is 0. The van der Waals surface area contributed by atoms with E-state index in [1.54, 1.807) is 0 Å². The first-order valence-corrected chi connectivity index (χ1v) is 30.8. The van der Waals surface area contributed by atoms with Crippen molar-refractivity contribution < 1.29 is 37.3 Å². The summed E-state index contributed by atoms with van der Waals surface area (Å²) in [5, 5.41) is 0. The number of phosphoric acid groups is 1. The number of quaternary nitrogens is 1. The Kier molecular flexibility index (Phi) is 51.6. The summed E-state index contributed by atoms with van der Waals surface area (Å²) < 4.78 is 34.9. The van der Waals surface area contributed by atoms with Crippen molar-refractivity contribution in [3.8, 4) is 0 Å². The van der Waals surface area contributed by atoms with Gasteiger partial charge < -0.3 is 27.9 Å². The Morgan fingerprint density at radius 2 is 0.841 bits per heavy atom. The normalized spacial score (nSPS) is 13.8. The maximum Gasteiger partial charge on any atom is 0.306 e. The molecule has 0 aromatic rings. The molecular formula is C60H114NO7P. The van der Waals surface area contributed by atoms with E-state index in [0.717, 1.165) is 57.8 Å². The molecule has 0 aliphatic rings. The minimum absolute atomic E-state index is 0.0253. The second-order valence-corrected chi connectivity index (χ2v) is 22.4. The molecule has 0 bridgehead atoms. The molecule has 0 aromatic carbocycles. The SMILES string of the molecule is CC/C=C\C/C=C\C/C=C\C/C=C\CCCCCCCCCCCOCC(COP(=O)([O-])OCC[N+](C)(C)C)OC(=O)CCCCCCCCCCCCCCCCCCCCCCCCCCC. The van der Waals surface area contributed by atoms with E-state index in [1.807, 2.05) is 21.1 Å². The fourth-order valence-corrected chi connectivity index (χ4v) is 9.15. The Balaban J connectivity index is 4.04. The molecule has 0 spiro atoms. The Morgan fingerprint density at radius 3 is 1.26 bits per heavy atom. The number of rotatable bonds is 55. The molecule has 2 unspecified atom stereocenters. The lowest BCUT2D eigenvalue weighted by Crippen LogP contribution is -2.37. The molecule has 0 aliphatic carbocycles. The third kappa shape index (κ3) is 57.2. The number of phosphoric ester groups is 1. The van der Waals surface area contributed by atoms with Crippen molar-refractivity contribution in [2.75, 3.05) is 54.1 Å². The van der Waals surface area contributed by atoms with Gasteiger partial charge in [-0.2, -0.15) is 0 Å². The highest BCUT2D eigenvalue weighted by molar-refractivity contribution is 7.45. The van der Waals surface area contributed by atoms with Gasteiger partial charge in [-0.25, -0.2) is 0 Å². The van der Waals surface area contributed by atoms with Gasteiger partial charge in [-0.05, 0) is 51.4 Å². The number of nitrogens with zero attached hydrogens (tertiary/aromatic N) is 1. The average Bonchev–Trinajstić information content (AvgIpc) is 3.31. The Morgan fingerprint density at radius 1 is 0.464 bits per heavy atom. The second-order valence-electron chi connectivity index (χ2n) is 21.0. The van der Waals surface area contributed by atoms with Gasteiger partial charge in [0.1, 0.15) is 19.3 Å². The first-order valence-electron chi connectivity index (χ1n) is 29.4. The van der Waals surface area contributed by atoms with Crippen LogP contribution in [0, 0.1) is 0 Å². The maximum atomic E-state index is 12.8. The summed E-state index contributed by atoms with van der Waals surface area (Å²) in [4.78, 5) is 25.3. The van der Waals surface area contributed by atoms with E-state index in [1.165, 1.54) is 193 Å². The molecule has 0 heterocycles. The number of hydrogen-bond donors (Lipinski definition) is 0. The maximum absolute atomic E-state index is 12.8. The van der Waals surface area contributed by atoms with Crippen LogP contribution in [0.5, 0.6) is 0 Å². The third-order valence-corrected chi connectivity index (χ3v) is 13.9. The van der Waals surface area contributed by atoms with Crippen molar-refractivity contribution in [2.45, 2.75) is 277 Å². The molecule has 0 aliphatic heterocycles. The van der Waals surface area contributed by atoms with Crippen LogP contribution in [0.4, 0.5) is 0 Å².